The molecule has 4 rings (SSSR count). The van der Waals surface area contributed by atoms with Crippen molar-refractivity contribution in [3.63, 3.8) is 0 Å². The van der Waals surface area contributed by atoms with Crippen LogP contribution in [0.3, 0.4) is 0 Å². The zero-order valence-electron chi connectivity index (χ0n) is 20.2. The molecule has 0 aliphatic carbocycles. The van der Waals surface area contributed by atoms with Crippen LogP contribution >= 0.6 is 0 Å². The Morgan fingerprint density at radius 3 is 2.22 bits per heavy atom. The molecule has 0 aliphatic heterocycles. The number of fused-ring (bicyclic) bond motifs is 1. The van der Waals surface area contributed by atoms with Crippen LogP contribution in [0.5, 0.6) is 5.75 Å². The van der Waals surface area contributed by atoms with E-state index in [9.17, 15) is 19.2 Å². The Labute approximate surface area is 207 Å². The lowest BCUT2D eigenvalue weighted by Crippen LogP contribution is -2.39. The van der Waals surface area contributed by atoms with Crippen molar-refractivity contribution in [2.75, 3.05) is 12.4 Å². The highest BCUT2D eigenvalue weighted by atomic mass is 16.5. The number of hydrogen-bond acceptors (Lipinski definition) is 5. The zero-order valence-corrected chi connectivity index (χ0v) is 20.2. The number of rotatable bonds is 7. The van der Waals surface area contributed by atoms with Crippen molar-refractivity contribution < 1.29 is 14.3 Å². The molecule has 1 aromatic heterocycles. The van der Waals surface area contributed by atoms with Gasteiger partial charge < -0.3 is 15.4 Å². The Morgan fingerprint density at radius 2 is 1.58 bits per heavy atom. The normalized spacial score (nSPS) is 10.8. The van der Waals surface area contributed by atoms with Gasteiger partial charge in [0.1, 0.15) is 5.75 Å². The van der Waals surface area contributed by atoms with E-state index in [1.807, 2.05) is 24.3 Å². The molecule has 184 valence electrons. The van der Waals surface area contributed by atoms with Crippen LogP contribution in [0.4, 0.5) is 5.69 Å². The maximum atomic E-state index is 13.3. The van der Waals surface area contributed by atoms with Gasteiger partial charge in [0.25, 0.3) is 11.5 Å². The summed E-state index contributed by atoms with van der Waals surface area (Å²) >= 11 is 0. The second-order valence-electron chi connectivity index (χ2n) is 8.37. The fourth-order valence-corrected chi connectivity index (χ4v) is 3.90. The summed E-state index contributed by atoms with van der Waals surface area (Å²) in [5.74, 6) is 0.206. The van der Waals surface area contributed by atoms with E-state index in [0.717, 1.165) is 21.4 Å². The van der Waals surface area contributed by atoms with Crippen molar-refractivity contribution in [2.45, 2.75) is 20.0 Å². The van der Waals surface area contributed by atoms with E-state index in [0.29, 0.717) is 23.3 Å². The zero-order chi connectivity index (χ0) is 25.8. The van der Waals surface area contributed by atoms with Crippen LogP contribution in [-0.4, -0.2) is 28.1 Å². The lowest BCUT2D eigenvalue weighted by atomic mass is 10.1. The lowest BCUT2D eigenvalue weighted by Gasteiger charge is -2.12. The molecular formula is C27H26N4O5. The maximum Gasteiger partial charge on any atom is 0.331 e. The summed E-state index contributed by atoms with van der Waals surface area (Å²) in [6.07, 6.45) is 0. The fourth-order valence-electron chi connectivity index (χ4n) is 3.90. The molecule has 0 saturated heterocycles. The van der Waals surface area contributed by atoms with Gasteiger partial charge >= 0.3 is 5.69 Å². The van der Waals surface area contributed by atoms with E-state index in [-0.39, 0.29) is 23.7 Å². The quantitative estimate of drug-likeness (QED) is 0.417. The summed E-state index contributed by atoms with van der Waals surface area (Å²) in [4.78, 5) is 50.2. The number of anilines is 1. The molecule has 0 atom stereocenters. The SMILES string of the molecule is COc1ccc(CNC(=O)c2ccc3c(c2)c(=O)n(Cc2ccc(NC(C)=O)cc2)c(=O)n3C)cc1. The first kappa shape index (κ1) is 24.5. The molecule has 2 amide bonds. The third-order valence-corrected chi connectivity index (χ3v) is 5.84. The standard InChI is InChI=1S/C27H26N4O5/c1-17(32)29-21-9-4-19(5-10-21)16-31-26(34)23-14-20(8-13-24(23)30(2)27(31)35)25(33)28-15-18-6-11-22(36-3)12-7-18/h4-14H,15-16H2,1-3H3,(H,28,33)(H,29,32). The Bertz CT molecular complexity index is 1550. The molecular weight excluding hydrogens is 460 g/mol. The highest BCUT2D eigenvalue weighted by molar-refractivity contribution is 5.97. The first-order valence-electron chi connectivity index (χ1n) is 11.3. The number of carbonyl (C=O) groups is 2. The van der Waals surface area contributed by atoms with Gasteiger partial charge in [0.2, 0.25) is 5.91 Å². The second kappa shape index (κ2) is 10.3. The van der Waals surface area contributed by atoms with Crippen molar-refractivity contribution >= 4 is 28.4 Å². The average molecular weight is 487 g/mol. The highest BCUT2D eigenvalue weighted by Crippen LogP contribution is 2.14. The minimum atomic E-state index is -0.483. The van der Waals surface area contributed by atoms with E-state index in [1.165, 1.54) is 17.6 Å². The van der Waals surface area contributed by atoms with Crippen LogP contribution in [0.2, 0.25) is 0 Å². The van der Waals surface area contributed by atoms with Gasteiger partial charge in [-0.15, -0.1) is 0 Å². The van der Waals surface area contributed by atoms with E-state index in [4.69, 9.17) is 4.74 Å². The molecule has 0 spiro atoms. The molecule has 0 aliphatic rings. The van der Waals surface area contributed by atoms with Crippen molar-refractivity contribution in [3.05, 3.63) is 104 Å². The number of aromatic nitrogens is 2. The molecule has 2 N–H and O–H groups in total. The molecule has 9 heteroatoms. The first-order valence-corrected chi connectivity index (χ1v) is 11.3. The molecule has 0 unspecified atom stereocenters. The minimum Gasteiger partial charge on any atom is -0.497 e. The number of hydrogen-bond donors (Lipinski definition) is 2. The molecule has 3 aromatic carbocycles. The predicted octanol–water partition coefficient (Wildman–Crippen LogP) is 2.65. The van der Waals surface area contributed by atoms with Crippen LogP contribution < -0.4 is 26.6 Å². The average Bonchev–Trinajstić information content (AvgIpc) is 2.89. The van der Waals surface area contributed by atoms with Gasteiger partial charge in [-0.3, -0.25) is 23.5 Å². The van der Waals surface area contributed by atoms with Gasteiger partial charge in [0, 0.05) is 31.8 Å². The number of carbonyl (C=O) groups excluding carboxylic acids is 2. The van der Waals surface area contributed by atoms with Gasteiger partial charge in [0.15, 0.2) is 0 Å². The van der Waals surface area contributed by atoms with E-state index in [2.05, 4.69) is 10.6 Å². The van der Waals surface area contributed by atoms with Crippen LogP contribution in [-0.2, 0) is 24.9 Å². The van der Waals surface area contributed by atoms with Crippen LogP contribution in [0, 0.1) is 0 Å². The predicted molar refractivity (Wildman–Crippen MR) is 137 cm³/mol. The number of ether oxygens (including phenoxy) is 1. The molecule has 4 aromatic rings. The van der Waals surface area contributed by atoms with Gasteiger partial charge in [-0.1, -0.05) is 24.3 Å². The van der Waals surface area contributed by atoms with Gasteiger partial charge in [-0.2, -0.15) is 0 Å². The van der Waals surface area contributed by atoms with E-state index >= 15 is 0 Å². The number of amides is 2. The molecule has 1 heterocycles. The van der Waals surface area contributed by atoms with Gasteiger partial charge in [-0.05, 0) is 53.6 Å². The Morgan fingerprint density at radius 1 is 0.917 bits per heavy atom. The van der Waals surface area contributed by atoms with Crippen molar-refractivity contribution in [2.24, 2.45) is 7.05 Å². The van der Waals surface area contributed by atoms with Crippen LogP contribution in [0.25, 0.3) is 10.9 Å². The van der Waals surface area contributed by atoms with Crippen LogP contribution in [0.1, 0.15) is 28.4 Å². The Kier molecular flexibility index (Phi) is 7.00. The summed E-state index contributed by atoms with van der Waals surface area (Å²) in [5.41, 5.74) is 2.05. The first-order chi connectivity index (χ1) is 17.3. The Hall–Kier alpha value is -4.66. The van der Waals surface area contributed by atoms with Crippen molar-refractivity contribution in [1.82, 2.24) is 14.5 Å². The molecule has 0 saturated carbocycles. The smallest absolute Gasteiger partial charge is 0.331 e. The van der Waals surface area contributed by atoms with E-state index < -0.39 is 11.2 Å². The summed E-state index contributed by atoms with van der Waals surface area (Å²) < 4.78 is 7.67. The monoisotopic (exact) mass is 486 g/mol. The van der Waals surface area contributed by atoms with E-state index in [1.54, 1.807) is 50.6 Å². The van der Waals surface area contributed by atoms with Gasteiger partial charge in [-0.25, -0.2) is 4.79 Å². The van der Waals surface area contributed by atoms with Crippen molar-refractivity contribution in [3.8, 4) is 5.75 Å². The lowest BCUT2D eigenvalue weighted by molar-refractivity contribution is -0.114. The summed E-state index contributed by atoms with van der Waals surface area (Å²) in [6, 6.07) is 18.9. The van der Waals surface area contributed by atoms with Crippen LogP contribution in [0.15, 0.2) is 76.3 Å². The molecule has 0 bridgehead atoms. The molecule has 9 nitrogen and oxygen atoms in total. The fraction of sp³-hybridized carbons (Fsp3) is 0.185. The summed E-state index contributed by atoms with van der Waals surface area (Å²) in [6.45, 7) is 1.78. The number of methoxy groups -OCH3 is 1. The third kappa shape index (κ3) is 5.20. The summed E-state index contributed by atoms with van der Waals surface area (Å²) in [7, 11) is 3.17. The molecule has 0 radical (unpaired) electrons. The second-order valence-corrected chi connectivity index (χ2v) is 8.37. The third-order valence-electron chi connectivity index (χ3n) is 5.84. The number of aryl methyl sites for hydroxylation is 1. The van der Waals surface area contributed by atoms with Crippen molar-refractivity contribution in [1.29, 1.82) is 0 Å². The number of nitrogens with one attached hydrogen (secondary N) is 2. The topological polar surface area (TPSA) is 111 Å². The summed E-state index contributed by atoms with van der Waals surface area (Å²) in [5, 5.41) is 5.79. The van der Waals surface area contributed by atoms with Gasteiger partial charge in [0.05, 0.1) is 24.6 Å². The maximum absolute atomic E-state index is 13.3. The minimum absolute atomic E-state index is 0.0513. The molecule has 0 fully saturated rings. The Balaban J connectivity index is 1.60. The largest absolute Gasteiger partial charge is 0.497 e. The molecule has 36 heavy (non-hydrogen) atoms. The number of nitrogens with zero attached hydrogens (tertiary/aromatic N) is 2. The highest BCUT2D eigenvalue weighted by Gasteiger charge is 2.14. The number of benzene rings is 3.